The van der Waals surface area contributed by atoms with Crippen molar-refractivity contribution in [1.29, 1.82) is 0 Å². The van der Waals surface area contributed by atoms with Crippen LogP contribution in [-0.2, 0) is 44.1 Å². The summed E-state index contributed by atoms with van der Waals surface area (Å²) in [6.45, 7) is 16.7. The van der Waals surface area contributed by atoms with Crippen LogP contribution < -0.4 is 5.32 Å². The SMILES string of the molecule is CC.CC(C)(C)OC(=O)C(c1cc(F)cc2c1C(C)(C)OC2)N1CC(OCCCCCc2ccc3c(n2)NCCC3)C1. The number of carbonyl (C=O) groups is 1. The van der Waals surface area contributed by atoms with Gasteiger partial charge in [0.2, 0.25) is 0 Å². The molecule has 0 radical (unpaired) electrons. The van der Waals surface area contributed by atoms with Crippen molar-refractivity contribution in [1.82, 2.24) is 9.88 Å². The number of anilines is 1. The number of ether oxygens (including phenoxy) is 3. The number of hydrogen-bond acceptors (Lipinski definition) is 7. The van der Waals surface area contributed by atoms with E-state index in [-0.39, 0.29) is 17.9 Å². The largest absolute Gasteiger partial charge is 0.459 e. The summed E-state index contributed by atoms with van der Waals surface area (Å²) in [5, 5.41) is 3.41. The van der Waals surface area contributed by atoms with Crippen LogP contribution in [0.15, 0.2) is 24.3 Å². The molecule has 42 heavy (non-hydrogen) atoms. The van der Waals surface area contributed by atoms with Crippen LogP contribution in [0, 0.1) is 5.82 Å². The molecule has 4 heterocycles. The molecule has 0 aliphatic carbocycles. The summed E-state index contributed by atoms with van der Waals surface area (Å²) in [5.74, 6) is 0.330. The second-order valence-electron chi connectivity index (χ2n) is 12.9. The second-order valence-corrected chi connectivity index (χ2v) is 12.9. The van der Waals surface area contributed by atoms with Crippen LogP contribution in [0.1, 0.15) is 108 Å². The molecule has 1 saturated heterocycles. The predicted octanol–water partition coefficient (Wildman–Crippen LogP) is 6.87. The first-order valence-corrected chi connectivity index (χ1v) is 15.8. The Hall–Kier alpha value is -2.55. The number of rotatable bonds is 10. The van der Waals surface area contributed by atoms with Crippen molar-refractivity contribution >= 4 is 11.8 Å². The Morgan fingerprint density at radius 1 is 1.17 bits per heavy atom. The van der Waals surface area contributed by atoms with Crippen molar-refractivity contribution in [3.05, 3.63) is 58.0 Å². The summed E-state index contributed by atoms with van der Waals surface area (Å²) in [6.07, 6.45) is 6.45. The van der Waals surface area contributed by atoms with E-state index in [0.717, 1.165) is 61.3 Å². The third-order valence-electron chi connectivity index (χ3n) is 7.95. The zero-order chi connectivity index (χ0) is 30.5. The molecule has 8 heteroatoms. The Kier molecular flexibility index (Phi) is 10.7. The van der Waals surface area contributed by atoms with Gasteiger partial charge in [0, 0.05) is 31.9 Å². The fraction of sp³-hybridized carbons (Fsp3) is 0.647. The lowest BCUT2D eigenvalue weighted by molar-refractivity contribution is -0.168. The van der Waals surface area contributed by atoms with Gasteiger partial charge in [0.05, 0.1) is 18.3 Å². The minimum absolute atomic E-state index is 0.0455. The van der Waals surface area contributed by atoms with Crippen LogP contribution in [0.2, 0.25) is 0 Å². The number of unbranched alkanes of at least 4 members (excludes halogenated alkanes) is 2. The standard InChI is InChI=1S/C32H44FN3O4.C2H6/c1-31(2,3)40-30(37)28(26-17-23(33)16-22-20-39-32(4,5)27(22)26)36-18-25(19-36)38-15-8-6-7-11-24-13-12-21-10-9-14-34-29(21)35-24;1-2/h12-13,16-17,25,28H,6-11,14-15,18-20H2,1-5H3,(H,34,35);1-2H3. The summed E-state index contributed by atoms with van der Waals surface area (Å²) >= 11 is 0. The fourth-order valence-electron chi connectivity index (χ4n) is 6.04. The van der Waals surface area contributed by atoms with Gasteiger partial charge in [-0.2, -0.15) is 0 Å². The average molecular weight is 584 g/mol. The summed E-state index contributed by atoms with van der Waals surface area (Å²) in [6, 6.07) is 6.66. The lowest BCUT2D eigenvalue weighted by atomic mass is 9.86. The van der Waals surface area contributed by atoms with Crippen molar-refractivity contribution in [2.75, 3.05) is 31.6 Å². The number of likely N-dealkylation sites (tertiary alicyclic amines) is 1. The highest BCUT2D eigenvalue weighted by Crippen LogP contribution is 2.43. The highest BCUT2D eigenvalue weighted by Gasteiger charge is 2.44. The molecule has 1 fully saturated rings. The maximum atomic E-state index is 14.7. The van der Waals surface area contributed by atoms with E-state index in [1.54, 1.807) is 0 Å². The Labute approximate surface area is 251 Å². The Morgan fingerprint density at radius 3 is 2.67 bits per heavy atom. The zero-order valence-corrected chi connectivity index (χ0v) is 26.6. The summed E-state index contributed by atoms with van der Waals surface area (Å²) in [4.78, 5) is 20.3. The molecule has 1 atom stereocenters. The monoisotopic (exact) mass is 583 g/mol. The van der Waals surface area contributed by atoms with Crippen LogP contribution >= 0.6 is 0 Å². The van der Waals surface area contributed by atoms with Gasteiger partial charge < -0.3 is 19.5 Å². The van der Waals surface area contributed by atoms with E-state index in [9.17, 15) is 9.18 Å². The quantitative estimate of drug-likeness (QED) is 0.242. The van der Waals surface area contributed by atoms with E-state index in [4.69, 9.17) is 19.2 Å². The minimum Gasteiger partial charge on any atom is -0.459 e. The van der Waals surface area contributed by atoms with E-state index < -0.39 is 17.2 Å². The van der Waals surface area contributed by atoms with E-state index in [0.29, 0.717) is 31.9 Å². The number of carbonyl (C=O) groups excluding carboxylic acids is 1. The molecule has 232 valence electrons. The second kappa shape index (κ2) is 13.8. The van der Waals surface area contributed by atoms with Gasteiger partial charge in [-0.05, 0) is 107 Å². The number of pyridine rings is 1. The van der Waals surface area contributed by atoms with Crippen LogP contribution in [0.25, 0.3) is 0 Å². The molecule has 1 aromatic carbocycles. The molecule has 0 amide bonds. The molecule has 1 unspecified atom stereocenters. The highest BCUT2D eigenvalue weighted by molar-refractivity contribution is 5.79. The molecular formula is C34H50FN3O4. The van der Waals surface area contributed by atoms with E-state index in [1.165, 1.54) is 24.1 Å². The zero-order valence-electron chi connectivity index (χ0n) is 26.6. The molecule has 1 N–H and O–H groups in total. The number of benzene rings is 1. The van der Waals surface area contributed by atoms with Gasteiger partial charge in [0.15, 0.2) is 0 Å². The molecule has 0 spiro atoms. The Balaban J connectivity index is 0.00000198. The van der Waals surface area contributed by atoms with Crippen LogP contribution in [0.5, 0.6) is 0 Å². The fourth-order valence-corrected chi connectivity index (χ4v) is 6.04. The third-order valence-corrected chi connectivity index (χ3v) is 7.95. The molecular weight excluding hydrogens is 533 g/mol. The molecule has 0 saturated carbocycles. The van der Waals surface area contributed by atoms with Crippen molar-refractivity contribution in [3.63, 3.8) is 0 Å². The minimum atomic E-state index is -0.705. The van der Waals surface area contributed by atoms with E-state index in [2.05, 4.69) is 17.4 Å². The van der Waals surface area contributed by atoms with Crippen LogP contribution in [-0.4, -0.2) is 53.8 Å². The lowest BCUT2D eigenvalue weighted by Crippen LogP contribution is -2.56. The van der Waals surface area contributed by atoms with Gasteiger partial charge in [0.25, 0.3) is 0 Å². The molecule has 7 nitrogen and oxygen atoms in total. The van der Waals surface area contributed by atoms with Crippen molar-refractivity contribution in [3.8, 4) is 0 Å². The normalized spacial score (nSPS) is 18.6. The van der Waals surface area contributed by atoms with Crippen molar-refractivity contribution in [2.24, 2.45) is 0 Å². The average Bonchev–Trinajstić information content (AvgIpc) is 3.22. The van der Waals surface area contributed by atoms with Gasteiger partial charge in [-0.3, -0.25) is 4.90 Å². The number of fused-ring (bicyclic) bond motifs is 2. The van der Waals surface area contributed by atoms with E-state index in [1.807, 2.05) is 53.4 Å². The molecule has 3 aliphatic heterocycles. The smallest absolute Gasteiger partial charge is 0.328 e. The number of hydrogen-bond donors (Lipinski definition) is 1. The topological polar surface area (TPSA) is 72.9 Å². The Morgan fingerprint density at radius 2 is 1.93 bits per heavy atom. The molecule has 0 bridgehead atoms. The molecule has 3 aliphatic rings. The Bertz CT molecular complexity index is 1220. The number of nitrogens with zero attached hydrogens (tertiary/aromatic N) is 2. The van der Waals surface area contributed by atoms with Gasteiger partial charge >= 0.3 is 5.97 Å². The van der Waals surface area contributed by atoms with Gasteiger partial charge in [-0.15, -0.1) is 0 Å². The highest BCUT2D eigenvalue weighted by atomic mass is 19.1. The number of halogens is 1. The molecule has 5 rings (SSSR count). The third kappa shape index (κ3) is 7.88. The van der Waals surface area contributed by atoms with Gasteiger partial charge in [0.1, 0.15) is 23.3 Å². The van der Waals surface area contributed by atoms with Crippen molar-refractivity contribution < 1.29 is 23.4 Å². The summed E-state index contributed by atoms with van der Waals surface area (Å²) in [7, 11) is 0. The van der Waals surface area contributed by atoms with E-state index >= 15 is 0 Å². The number of aryl methyl sites for hydroxylation is 2. The van der Waals surface area contributed by atoms with Gasteiger partial charge in [-0.25, -0.2) is 14.2 Å². The van der Waals surface area contributed by atoms with Crippen molar-refractivity contribution in [2.45, 2.75) is 117 Å². The first-order valence-electron chi connectivity index (χ1n) is 15.8. The summed E-state index contributed by atoms with van der Waals surface area (Å²) in [5.41, 5.74) is 3.53. The maximum absolute atomic E-state index is 14.7. The van der Waals surface area contributed by atoms with Crippen LogP contribution in [0.4, 0.5) is 10.2 Å². The molecule has 2 aromatic rings. The predicted molar refractivity (Wildman–Crippen MR) is 164 cm³/mol. The number of aromatic nitrogens is 1. The number of nitrogens with one attached hydrogen (secondary N) is 1. The van der Waals surface area contributed by atoms with Gasteiger partial charge in [-0.1, -0.05) is 26.3 Å². The van der Waals surface area contributed by atoms with Crippen LogP contribution in [0.3, 0.4) is 0 Å². The number of esters is 1. The first kappa shape index (κ1) is 32.4. The lowest BCUT2D eigenvalue weighted by Gasteiger charge is -2.44. The molecule has 1 aromatic heterocycles. The maximum Gasteiger partial charge on any atom is 0.328 e. The first-order chi connectivity index (χ1) is 20.0. The summed E-state index contributed by atoms with van der Waals surface area (Å²) < 4.78 is 32.6.